The average Bonchev–Trinajstić information content (AvgIpc) is 2.57. The molecule has 1 amide bonds. The van der Waals surface area contributed by atoms with Crippen LogP contribution in [-0.2, 0) is 4.79 Å². The molecule has 2 rings (SSSR count). The van der Waals surface area contributed by atoms with Crippen molar-refractivity contribution in [1.29, 1.82) is 5.26 Å². The quantitative estimate of drug-likeness (QED) is 0.482. The van der Waals surface area contributed by atoms with Crippen molar-refractivity contribution in [3.8, 4) is 17.6 Å². The number of carbonyl (C=O) groups excluding carboxylic acids is 1. The van der Waals surface area contributed by atoms with Gasteiger partial charge in [-0.1, -0.05) is 24.3 Å². The van der Waals surface area contributed by atoms with Crippen LogP contribution in [0.2, 0.25) is 0 Å². The summed E-state index contributed by atoms with van der Waals surface area (Å²) in [6.07, 6.45) is 1.44. The number of primary amides is 1. The highest BCUT2D eigenvalue weighted by molar-refractivity contribution is 6.00. The first-order valence-corrected chi connectivity index (χ1v) is 7.42. The van der Waals surface area contributed by atoms with Crippen molar-refractivity contribution in [1.82, 2.24) is 0 Å². The first kappa shape index (κ1) is 17.1. The zero-order valence-electron chi connectivity index (χ0n) is 13.4. The van der Waals surface area contributed by atoms with Crippen molar-refractivity contribution in [3.05, 3.63) is 65.2 Å². The summed E-state index contributed by atoms with van der Waals surface area (Å²) in [6, 6.07) is 16.6. The summed E-state index contributed by atoms with van der Waals surface area (Å²) in [5.74, 6) is 0.748. The van der Waals surface area contributed by atoms with Gasteiger partial charge in [-0.25, -0.2) is 0 Å². The molecule has 0 radical (unpaired) electrons. The van der Waals surface area contributed by atoms with Gasteiger partial charge in [0.1, 0.15) is 36.4 Å². The summed E-state index contributed by atoms with van der Waals surface area (Å²) in [5, 5.41) is 8.81. The van der Waals surface area contributed by atoms with E-state index >= 15 is 0 Å². The lowest BCUT2D eigenvalue weighted by Gasteiger charge is -2.09. The maximum atomic E-state index is 11.0. The number of rotatable bonds is 7. The van der Waals surface area contributed by atoms with Crippen LogP contribution in [0.4, 0.5) is 0 Å². The average molecular weight is 322 g/mol. The highest BCUT2D eigenvalue weighted by atomic mass is 16.5. The van der Waals surface area contributed by atoms with E-state index in [9.17, 15) is 4.79 Å². The fraction of sp³-hybridized carbons (Fsp3) is 0.158. The predicted molar refractivity (Wildman–Crippen MR) is 91.4 cm³/mol. The molecule has 122 valence electrons. The van der Waals surface area contributed by atoms with Crippen LogP contribution in [0.1, 0.15) is 11.1 Å². The molecule has 0 bridgehead atoms. The Balaban J connectivity index is 1.84. The molecule has 0 unspecified atom stereocenters. The lowest BCUT2D eigenvalue weighted by molar-refractivity contribution is -0.114. The van der Waals surface area contributed by atoms with E-state index in [-0.39, 0.29) is 5.57 Å². The van der Waals surface area contributed by atoms with Crippen LogP contribution >= 0.6 is 0 Å². The van der Waals surface area contributed by atoms with Gasteiger partial charge in [-0.3, -0.25) is 4.79 Å². The van der Waals surface area contributed by atoms with Crippen molar-refractivity contribution >= 4 is 12.0 Å². The van der Waals surface area contributed by atoms with Gasteiger partial charge in [-0.05, 0) is 48.4 Å². The van der Waals surface area contributed by atoms with Crippen molar-refractivity contribution in [2.45, 2.75) is 6.92 Å². The second kappa shape index (κ2) is 8.39. The number of carbonyl (C=O) groups is 1. The SMILES string of the molecule is Cc1cccc(OCCOc2ccc(C=C(C#N)C(N)=O)cc2)c1. The first-order valence-electron chi connectivity index (χ1n) is 7.42. The van der Waals surface area contributed by atoms with Gasteiger partial charge in [0.05, 0.1) is 0 Å². The van der Waals surface area contributed by atoms with Crippen LogP contribution < -0.4 is 15.2 Å². The molecule has 0 aromatic heterocycles. The maximum absolute atomic E-state index is 11.0. The number of hydrogen-bond acceptors (Lipinski definition) is 4. The Morgan fingerprint density at radius 1 is 1.12 bits per heavy atom. The van der Waals surface area contributed by atoms with Crippen LogP contribution in [0, 0.1) is 18.3 Å². The molecule has 2 N–H and O–H groups in total. The van der Waals surface area contributed by atoms with Gasteiger partial charge in [0.25, 0.3) is 5.91 Å². The second-order valence-corrected chi connectivity index (χ2v) is 5.12. The monoisotopic (exact) mass is 322 g/mol. The molecule has 0 atom stereocenters. The van der Waals surface area contributed by atoms with Gasteiger partial charge in [0, 0.05) is 0 Å². The zero-order chi connectivity index (χ0) is 17.4. The number of ether oxygens (including phenoxy) is 2. The number of nitriles is 1. The number of nitrogens with two attached hydrogens (primary N) is 1. The van der Waals surface area contributed by atoms with Crippen LogP contribution in [0.5, 0.6) is 11.5 Å². The summed E-state index contributed by atoms with van der Waals surface area (Å²) in [4.78, 5) is 11.0. The van der Waals surface area contributed by atoms with E-state index in [1.807, 2.05) is 31.2 Å². The number of nitrogens with zero attached hydrogens (tertiary/aromatic N) is 1. The third kappa shape index (κ3) is 5.18. The van der Waals surface area contributed by atoms with Crippen LogP contribution in [0.3, 0.4) is 0 Å². The predicted octanol–water partition coefficient (Wildman–Crippen LogP) is 2.85. The van der Waals surface area contributed by atoms with Gasteiger partial charge < -0.3 is 15.2 Å². The van der Waals surface area contributed by atoms with Crippen molar-refractivity contribution in [3.63, 3.8) is 0 Å². The topological polar surface area (TPSA) is 85.3 Å². The second-order valence-electron chi connectivity index (χ2n) is 5.12. The molecule has 0 fully saturated rings. The van der Waals surface area contributed by atoms with E-state index < -0.39 is 5.91 Å². The number of aryl methyl sites for hydroxylation is 1. The van der Waals surface area contributed by atoms with Crippen molar-refractivity contribution in [2.24, 2.45) is 5.73 Å². The van der Waals surface area contributed by atoms with E-state index in [1.54, 1.807) is 30.3 Å². The Labute approximate surface area is 140 Å². The Hall–Kier alpha value is -3.26. The molecule has 0 aliphatic carbocycles. The summed E-state index contributed by atoms with van der Waals surface area (Å²) < 4.78 is 11.2. The lowest BCUT2D eigenvalue weighted by Crippen LogP contribution is -2.12. The molecule has 0 saturated carbocycles. The molecule has 2 aromatic carbocycles. The molecule has 0 saturated heterocycles. The maximum Gasteiger partial charge on any atom is 0.259 e. The summed E-state index contributed by atoms with van der Waals surface area (Å²) in [7, 11) is 0. The summed E-state index contributed by atoms with van der Waals surface area (Å²) in [6.45, 7) is 2.86. The largest absolute Gasteiger partial charge is 0.490 e. The summed E-state index contributed by atoms with van der Waals surface area (Å²) in [5.41, 5.74) is 6.85. The van der Waals surface area contributed by atoms with Gasteiger partial charge in [0.2, 0.25) is 0 Å². The van der Waals surface area contributed by atoms with Gasteiger partial charge in [0.15, 0.2) is 0 Å². The molecule has 5 heteroatoms. The molecule has 2 aromatic rings. The molecule has 0 aliphatic heterocycles. The third-order valence-corrected chi connectivity index (χ3v) is 3.19. The van der Waals surface area contributed by atoms with Gasteiger partial charge in [-0.15, -0.1) is 0 Å². The van der Waals surface area contributed by atoms with E-state index in [0.717, 1.165) is 11.3 Å². The van der Waals surface area contributed by atoms with E-state index in [2.05, 4.69) is 0 Å². The molecule has 0 spiro atoms. The fourth-order valence-electron chi connectivity index (χ4n) is 2.01. The molecule has 0 aliphatic rings. The number of hydrogen-bond donors (Lipinski definition) is 1. The van der Waals surface area contributed by atoms with Gasteiger partial charge in [-0.2, -0.15) is 5.26 Å². The van der Waals surface area contributed by atoms with Gasteiger partial charge >= 0.3 is 0 Å². The Bertz CT molecular complexity index is 774. The minimum Gasteiger partial charge on any atom is -0.490 e. The molecular weight excluding hydrogens is 304 g/mol. The number of amides is 1. The Morgan fingerprint density at radius 2 is 1.79 bits per heavy atom. The zero-order valence-corrected chi connectivity index (χ0v) is 13.4. The van der Waals surface area contributed by atoms with Crippen molar-refractivity contribution in [2.75, 3.05) is 13.2 Å². The van der Waals surface area contributed by atoms with Crippen LogP contribution in [-0.4, -0.2) is 19.1 Å². The van der Waals surface area contributed by atoms with Crippen LogP contribution in [0.15, 0.2) is 54.1 Å². The lowest BCUT2D eigenvalue weighted by atomic mass is 10.1. The van der Waals surface area contributed by atoms with E-state index in [1.165, 1.54) is 6.08 Å². The number of benzene rings is 2. The smallest absolute Gasteiger partial charge is 0.259 e. The minimum atomic E-state index is -0.744. The fourth-order valence-corrected chi connectivity index (χ4v) is 2.01. The highest BCUT2D eigenvalue weighted by Gasteiger charge is 2.03. The third-order valence-electron chi connectivity index (χ3n) is 3.19. The summed E-state index contributed by atoms with van der Waals surface area (Å²) >= 11 is 0. The normalized spacial score (nSPS) is 10.8. The molecule has 5 nitrogen and oxygen atoms in total. The van der Waals surface area contributed by atoms with E-state index in [4.69, 9.17) is 20.5 Å². The minimum absolute atomic E-state index is 0.0878. The van der Waals surface area contributed by atoms with Crippen LogP contribution in [0.25, 0.3) is 6.08 Å². The molecule has 0 heterocycles. The first-order chi connectivity index (χ1) is 11.6. The molecular formula is C19H18N2O3. The molecule has 24 heavy (non-hydrogen) atoms. The standard InChI is InChI=1S/C19H18N2O3/c1-14-3-2-4-18(11-14)24-10-9-23-17-7-5-15(6-8-17)12-16(13-20)19(21)22/h2-8,11-12H,9-10H2,1H3,(H2,21,22). The van der Waals surface area contributed by atoms with Crippen molar-refractivity contribution < 1.29 is 14.3 Å². The van der Waals surface area contributed by atoms with E-state index in [0.29, 0.717) is 24.5 Å². The highest BCUT2D eigenvalue weighted by Crippen LogP contribution is 2.15. The Kier molecular flexibility index (Phi) is 5.98. The Morgan fingerprint density at radius 3 is 2.38 bits per heavy atom.